The van der Waals surface area contributed by atoms with Crippen molar-refractivity contribution < 1.29 is 29.0 Å². The van der Waals surface area contributed by atoms with Crippen molar-refractivity contribution in [3.8, 4) is 0 Å². The Morgan fingerprint density at radius 1 is 1.27 bits per heavy atom. The van der Waals surface area contributed by atoms with Crippen LogP contribution in [0, 0.1) is 23.7 Å². The summed E-state index contributed by atoms with van der Waals surface area (Å²) >= 11 is 0. The smallest absolute Gasteiger partial charge is 0.303 e. The molecule has 2 amide bonds. The maximum Gasteiger partial charge on any atom is 0.303 e. The average Bonchev–Trinajstić information content (AvgIpc) is 2.87. The van der Waals surface area contributed by atoms with Gasteiger partial charge in [-0.1, -0.05) is 12.5 Å². The number of β-amino-alcohol motifs (C(OH)–C–C–N with tert-alkyl or cyclic N) is 1. The first-order chi connectivity index (χ1) is 13.7. The van der Waals surface area contributed by atoms with Crippen LogP contribution in [0.25, 0.3) is 0 Å². The van der Waals surface area contributed by atoms with Crippen molar-refractivity contribution in [2.45, 2.75) is 38.9 Å². The van der Waals surface area contributed by atoms with E-state index in [-0.39, 0.29) is 42.6 Å². The lowest BCUT2D eigenvalue weighted by atomic mass is 9.54. The van der Waals surface area contributed by atoms with Gasteiger partial charge in [0.05, 0.1) is 37.7 Å². The fourth-order valence-electron chi connectivity index (χ4n) is 6.03. The summed E-state index contributed by atoms with van der Waals surface area (Å²) in [6.07, 6.45) is 1.60. The van der Waals surface area contributed by atoms with Crippen LogP contribution in [0.1, 0.15) is 27.2 Å². The Hall–Kier alpha value is -1.48. The number of fused-ring (bicyclic) bond motifs is 1. The number of carbonyl (C=O) groups is 3. The van der Waals surface area contributed by atoms with Crippen LogP contribution in [0.5, 0.6) is 0 Å². The van der Waals surface area contributed by atoms with Crippen LogP contribution in [-0.4, -0.2) is 83.8 Å². The molecule has 9 heteroatoms. The predicted octanol–water partition coefficient (Wildman–Crippen LogP) is 0.620. The monoisotopic (exact) mass is 442 g/mol. The normalized spacial score (nSPS) is 36.8. The van der Waals surface area contributed by atoms with Gasteiger partial charge in [0.1, 0.15) is 5.60 Å². The second-order valence-electron chi connectivity index (χ2n) is 9.00. The Morgan fingerprint density at radius 3 is 2.53 bits per heavy atom. The molecule has 1 N–H and O–H groups in total. The van der Waals surface area contributed by atoms with Crippen LogP contribution in [0.15, 0.2) is 11.6 Å². The average molecular weight is 443 g/mol. The Bertz CT molecular complexity index is 752. The number of esters is 1. The van der Waals surface area contributed by atoms with Crippen molar-refractivity contribution in [2.75, 3.05) is 39.4 Å². The van der Waals surface area contributed by atoms with Crippen LogP contribution in [0.2, 0.25) is 0 Å². The van der Waals surface area contributed by atoms with Crippen molar-refractivity contribution in [3.05, 3.63) is 11.6 Å². The summed E-state index contributed by atoms with van der Waals surface area (Å²) in [7, 11) is 0. The van der Waals surface area contributed by atoms with Gasteiger partial charge in [0.25, 0.3) is 0 Å². The number of carbonyl (C=O) groups excluding carboxylic acids is 3. The number of halogens is 1. The zero-order valence-electron chi connectivity index (χ0n) is 17.7. The van der Waals surface area contributed by atoms with E-state index in [4.69, 9.17) is 9.47 Å². The van der Waals surface area contributed by atoms with Crippen molar-refractivity contribution in [1.29, 1.82) is 0 Å². The van der Waals surface area contributed by atoms with Gasteiger partial charge in [-0.25, -0.2) is 0 Å². The minimum Gasteiger partial charge on any atom is -0.454 e. The molecule has 6 unspecified atom stereocenters. The molecule has 6 atom stereocenters. The number of hydrogen-bond acceptors (Lipinski definition) is 7. The molecular formula is C21H31ClN2O6. The van der Waals surface area contributed by atoms with E-state index in [0.717, 1.165) is 18.7 Å². The van der Waals surface area contributed by atoms with E-state index in [1.54, 1.807) is 0 Å². The summed E-state index contributed by atoms with van der Waals surface area (Å²) in [6.45, 7) is 8.38. The maximum absolute atomic E-state index is 13.3. The van der Waals surface area contributed by atoms with E-state index in [1.165, 1.54) is 11.8 Å². The molecule has 1 saturated carbocycles. The summed E-state index contributed by atoms with van der Waals surface area (Å²) in [5.74, 6) is -2.15. The molecule has 2 heterocycles. The van der Waals surface area contributed by atoms with E-state index >= 15 is 0 Å². The molecule has 3 fully saturated rings. The zero-order valence-corrected chi connectivity index (χ0v) is 18.5. The van der Waals surface area contributed by atoms with Gasteiger partial charge in [-0.05, 0) is 31.3 Å². The lowest BCUT2D eigenvalue weighted by Gasteiger charge is -2.52. The molecule has 5 aliphatic rings. The van der Waals surface area contributed by atoms with Gasteiger partial charge in [-0.15, -0.1) is 12.4 Å². The lowest BCUT2D eigenvalue weighted by Crippen LogP contribution is -2.57. The number of allylic oxidation sites excluding steroid dienone is 1. The minimum absolute atomic E-state index is 0. The quantitative estimate of drug-likeness (QED) is 0.378. The van der Waals surface area contributed by atoms with Crippen molar-refractivity contribution >= 4 is 30.2 Å². The van der Waals surface area contributed by atoms with Gasteiger partial charge in [-0.2, -0.15) is 0 Å². The van der Waals surface area contributed by atoms with E-state index < -0.39 is 29.5 Å². The molecule has 30 heavy (non-hydrogen) atoms. The van der Waals surface area contributed by atoms with E-state index in [9.17, 15) is 19.5 Å². The fraction of sp³-hybridized carbons (Fsp3) is 0.762. The van der Waals surface area contributed by atoms with Crippen LogP contribution in [0.4, 0.5) is 0 Å². The Morgan fingerprint density at radius 2 is 1.93 bits per heavy atom. The van der Waals surface area contributed by atoms with Crippen LogP contribution >= 0.6 is 12.4 Å². The lowest BCUT2D eigenvalue weighted by molar-refractivity contribution is -0.173. The number of morpholine rings is 1. The molecule has 2 aliphatic heterocycles. The number of aliphatic hydroxyl groups is 1. The number of ether oxygens (including phenoxy) is 2. The van der Waals surface area contributed by atoms with Crippen molar-refractivity contribution in [3.63, 3.8) is 0 Å². The molecule has 0 aromatic rings. The summed E-state index contributed by atoms with van der Waals surface area (Å²) in [5.41, 5.74) is -0.0612. The van der Waals surface area contributed by atoms with Gasteiger partial charge in [0.2, 0.25) is 11.8 Å². The SMILES string of the molecule is CC(=O)OC12C=C(C)C(C(C)C1)C1C(=O)N(CC(O)CN3CCOCC3)C(=O)C12.Cl. The van der Waals surface area contributed by atoms with Gasteiger partial charge in [0, 0.05) is 26.6 Å². The highest BCUT2D eigenvalue weighted by Crippen LogP contribution is 2.58. The standard InChI is InChI=1S/C21H30N2O6.ClH/c1-12-8-21(29-14(3)24)9-13(2)16(12)17-18(21)20(27)23(19(17)26)11-15(25)10-22-4-6-28-7-5-22;/h8,13,15-18,25H,4-7,9-11H2,1-3H3;1H. The number of nitrogens with zero attached hydrogens (tertiary/aromatic N) is 2. The topological polar surface area (TPSA) is 96.4 Å². The third-order valence-electron chi connectivity index (χ3n) is 6.91. The molecule has 3 aliphatic carbocycles. The molecule has 5 rings (SSSR count). The molecule has 0 radical (unpaired) electrons. The van der Waals surface area contributed by atoms with Gasteiger partial charge in [0.15, 0.2) is 0 Å². The molecule has 168 valence electrons. The van der Waals surface area contributed by atoms with E-state index in [0.29, 0.717) is 26.2 Å². The molecule has 0 aromatic heterocycles. The second kappa shape index (κ2) is 8.57. The number of amides is 2. The van der Waals surface area contributed by atoms with Gasteiger partial charge < -0.3 is 14.6 Å². The highest BCUT2D eigenvalue weighted by Gasteiger charge is 2.67. The third-order valence-corrected chi connectivity index (χ3v) is 6.91. The maximum atomic E-state index is 13.3. The van der Waals surface area contributed by atoms with E-state index in [2.05, 4.69) is 4.90 Å². The molecule has 0 aromatic carbocycles. The third kappa shape index (κ3) is 3.79. The summed E-state index contributed by atoms with van der Waals surface area (Å²) < 4.78 is 11.0. The molecule has 2 bridgehead atoms. The second-order valence-corrected chi connectivity index (χ2v) is 9.00. The predicted molar refractivity (Wildman–Crippen MR) is 110 cm³/mol. The molecular weight excluding hydrogens is 412 g/mol. The first-order valence-electron chi connectivity index (χ1n) is 10.5. The first-order valence-corrected chi connectivity index (χ1v) is 10.5. The first kappa shape index (κ1) is 23.2. The molecule has 8 nitrogen and oxygen atoms in total. The number of hydrogen-bond donors (Lipinski definition) is 1. The van der Waals surface area contributed by atoms with Crippen LogP contribution in [0.3, 0.4) is 0 Å². The minimum atomic E-state index is -1.06. The molecule has 2 saturated heterocycles. The van der Waals surface area contributed by atoms with Gasteiger partial charge in [-0.3, -0.25) is 24.2 Å². The number of likely N-dealkylation sites (tertiary alicyclic amines) is 1. The van der Waals surface area contributed by atoms with Crippen LogP contribution < -0.4 is 0 Å². The Balaban J connectivity index is 0.00000256. The highest BCUT2D eigenvalue weighted by molar-refractivity contribution is 6.07. The van der Waals surface area contributed by atoms with Crippen LogP contribution in [-0.2, 0) is 23.9 Å². The van der Waals surface area contributed by atoms with E-state index in [1.807, 2.05) is 19.9 Å². The summed E-state index contributed by atoms with van der Waals surface area (Å²) in [6, 6.07) is 0. The Kier molecular flexibility index (Phi) is 6.63. The number of aliphatic hydroxyl groups excluding tert-OH is 1. The van der Waals surface area contributed by atoms with Gasteiger partial charge >= 0.3 is 5.97 Å². The zero-order chi connectivity index (χ0) is 20.9. The molecule has 0 spiro atoms. The fourth-order valence-corrected chi connectivity index (χ4v) is 6.03. The highest BCUT2D eigenvalue weighted by atomic mass is 35.5. The number of imide groups is 1. The van der Waals surface area contributed by atoms with Crippen molar-refractivity contribution in [1.82, 2.24) is 9.80 Å². The van der Waals surface area contributed by atoms with Crippen molar-refractivity contribution in [2.24, 2.45) is 23.7 Å². The summed E-state index contributed by atoms with van der Waals surface area (Å²) in [5, 5.41) is 10.6. The summed E-state index contributed by atoms with van der Waals surface area (Å²) in [4.78, 5) is 41.7. The Labute approximate surface area is 183 Å². The number of rotatable bonds is 5. The largest absolute Gasteiger partial charge is 0.454 e.